The monoisotopic (exact) mass is 939 g/mol. The summed E-state index contributed by atoms with van der Waals surface area (Å²) in [7, 11) is 8.86. The molecule has 2 aromatic heterocycles. The summed E-state index contributed by atoms with van der Waals surface area (Å²) in [6.45, 7) is -0.329. The summed E-state index contributed by atoms with van der Waals surface area (Å²) in [5, 5.41) is 12.3. The van der Waals surface area contributed by atoms with Crippen molar-refractivity contribution in [1.82, 2.24) is 28.5 Å². The van der Waals surface area contributed by atoms with Gasteiger partial charge in [0.25, 0.3) is 17.4 Å². The molecule has 342 valence electrons. The first-order valence-corrected chi connectivity index (χ1v) is 21.4. The maximum absolute atomic E-state index is 15.7. The van der Waals surface area contributed by atoms with Gasteiger partial charge in [0, 0.05) is 60.8 Å². The smallest absolute Gasteiger partial charge is 0.347 e. The fourth-order valence-corrected chi connectivity index (χ4v) is 10.4. The number of aryl methyl sites for hydroxylation is 2. The van der Waals surface area contributed by atoms with Gasteiger partial charge in [-0.3, -0.25) is 19.8 Å². The quantitative estimate of drug-likeness (QED) is 0.123. The topological polar surface area (TPSA) is 200 Å². The number of amides is 2. The Morgan fingerprint density at radius 1 is 0.818 bits per heavy atom. The Labute approximate surface area is 385 Å². The van der Waals surface area contributed by atoms with Crippen LogP contribution in [0, 0.1) is 5.92 Å². The number of anilines is 1. The zero-order chi connectivity index (χ0) is 46.9. The first kappa shape index (κ1) is 44.0. The predicted molar refractivity (Wildman–Crippen MR) is 243 cm³/mol. The van der Waals surface area contributed by atoms with Crippen LogP contribution >= 0.6 is 23.2 Å². The number of imide groups is 1. The molecule has 2 aliphatic heterocycles. The molecule has 0 unspecified atom stereocenters. The third-order valence-electron chi connectivity index (χ3n) is 13.0. The Morgan fingerprint density at radius 2 is 1.48 bits per heavy atom. The Kier molecular flexibility index (Phi) is 11.1. The molecule has 1 aliphatic carbocycles. The van der Waals surface area contributed by atoms with Gasteiger partial charge in [0.1, 0.15) is 28.7 Å². The van der Waals surface area contributed by atoms with Gasteiger partial charge in [-0.25, -0.2) is 28.5 Å². The maximum atomic E-state index is 15.7. The summed E-state index contributed by atoms with van der Waals surface area (Å²) in [5.41, 5.74) is 1.86. The van der Waals surface area contributed by atoms with Gasteiger partial charge in [0.15, 0.2) is 11.5 Å². The minimum atomic E-state index is -1.78. The van der Waals surface area contributed by atoms with Gasteiger partial charge < -0.3 is 33.4 Å². The number of hydrogen-bond donors (Lipinski definition) is 2. The zero-order valence-electron chi connectivity index (χ0n) is 36.5. The number of phenols is 1. The standard InChI is InChI=1S/C46H43Cl2N7O11/c1-51-34-22-36(64-4)35(63-3)21-32(34)49-31(42(51)58)14-15-52-44(60)53-16-13-27-33(55(53)45(52)61)20-28-41(57)54(50-30-12-9-24(47)17-29(30)48)43(59)46(28,23-7-10-26(62-2)11-8-23)40(27)39-37(65-5)18-25(56)19-38(39)66-6/h7-13,17-19,21-22,28,33,40,50,56H,14-16,20H2,1-6H3/t28-,33+,40+,46+/m0/s1. The minimum Gasteiger partial charge on any atom is -0.508 e. The molecule has 1 saturated carbocycles. The molecule has 2 amide bonds. The van der Waals surface area contributed by atoms with Crippen molar-refractivity contribution in [2.24, 2.45) is 13.0 Å². The van der Waals surface area contributed by atoms with Gasteiger partial charge in [-0.2, -0.15) is 5.01 Å². The fourth-order valence-electron chi connectivity index (χ4n) is 9.96. The summed E-state index contributed by atoms with van der Waals surface area (Å²) >= 11 is 12.8. The molecule has 2 N–H and O–H groups in total. The molecule has 4 aromatic carbocycles. The van der Waals surface area contributed by atoms with E-state index in [9.17, 15) is 19.5 Å². The van der Waals surface area contributed by atoms with Crippen LogP contribution in [0.4, 0.5) is 5.69 Å². The number of phenolic OH excluding ortho intramolecular Hbond substituents is 1. The van der Waals surface area contributed by atoms with E-state index in [1.165, 1.54) is 73.7 Å². The lowest BCUT2D eigenvalue weighted by Crippen LogP contribution is -2.53. The molecule has 66 heavy (non-hydrogen) atoms. The number of hydrazine groups is 1. The van der Waals surface area contributed by atoms with Crippen LogP contribution in [0.2, 0.25) is 10.0 Å². The summed E-state index contributed by atoms with van der Waals surface area (Å²) in [6.07, 6.45) is 1.56. The van der Waals surface area contributed by atoms with Crippen LogP contribution in [0.25, 0.3) is 11.0 Å². The van der Waals surface area contributed by atoms with Crippen molar-refractivity contribution in [3.8, 4) is 34.5 Å². The number of ether oxygens (including phenoxy) is 5. The van der Waals surface area contributed by atoms with Crippen LogP contribution < -0.4 is 46.0 Å². The van der Waals surface area contributed by atoms with Crippen molar-refractivity contribution >= 4 is 51.7 Å². The molecule has 0 bridgehead atoms. The van der Waals surface area contributed by atoms with E-state index in [4.69, 9.17) is 46.9 Å². The lowest BCUT2D eigenvalue weighted by molar-refractivity contribution is -0.138. The highest BCUT2D eigenvalue weighted by atomic mass is 35.5. The summed E-state index contributed by atoms with van der Waals surface area (Å²) in [6, 6.07) is 16.4. The first-order valence-electron chi connectivity index (χ1n) is 20.6. The second kappa shape index (κ2) is 16.7. The summed E-state index contributed by atoms with van der Waals surface area (Å²) in [4.78, 5) is 78.4. The third-order valence-corrected chi connectivity index (χ3v) is 13.5. The molecule has 2 fully saturated rings. The van der Waals surface area contributed by atoms with Crippen LogP contribution in [0.1, 0.15) is 35.2 Å². The number of allylic oxidation sites excluding steroid dienone is 2. The number of aromatic hydroxyl groups is 1. The molecular weight excluding hydrogens is 897 g/mol. The molecular formula is C46H43Cl2N7O11. The number of hydrogen-bond acceptors (Lipinski definition) is 13. The van der Waals surface area contributed by atoms with Crippen molar-refractivity contribution in [2.45, 2.75) is 43.3 Å². The van der Waals surface area contributed by atoms with Gasteiger partial charge in [-0.05, 0) is 47.9 Å². The normalized spacial score (nSPS) is 19.8. The van der Waals surface area contributed by atoms with Crippen LogP contribution in [0.15, 0.2) is 92.8 Å². The van der Waals surface area contributed by atoms with Crippen molar-refractivity contribution < 1.29 is 38.4 Å². The first-order chi connectivity index (χ1) is 31.7. The number of carbonyl (C=O) groups is 2. The van der Waals surface area contributed by atoms with E-state index in [1.54, 1.807) is 55.6 Å². The van der Waals surface area contributed by atoms with E-state index in [1.807, 2.05) is 0 Å². The number of carbonyl (C=O) groups excluding carboxylic acids is 2. The number of benzene rings is 4. The highest BCUT2D eigenvalue weighted by Gasteiger charge is 2.69. The van der Waals surface area contributed by atoms with Crippen LogP contribution in [-0.4, -0.2) is 81.0 Å². The SMILES string of the molecule is COc1ccc([C@@]23C(=O)N(Nc4ccc(Cl)cc4Cl)C(=O)[C@@H]2C[C@@H]2C(=CCn4c(=O)n(CCc5nc6cc(OC)c(OC)cc6n(C)c5=O)c(=O)n42)[C@@H]3c2c(OC)cc(O)cc2OC)cc1. The van der Waals surface area contributed by atoms with Gasteiger partial charge >= 0.3 is 11.4 Å². The molecule has 0 spiro atoms. The minimum absolute atomic E-state index is 0.0876. The molecule has 18 nitrogen and oxygen atoms in total. The van der Waals surface area contributed by atoms with Crippen molar-refractivity contribution in [2.75, 3.05) is 41.0 Å². The third kappa shape index (κ3) is 6.60. The Hall–Kier alpha value is -7.18. The van der Waals surface area contributed by atoms with Crippen molar-refractivity contribution in [3.63, 3.8) is 0 Å². The van der Waals surface area contributed by atoms with E-state index < -0.39 is 52.0 Å². The molecule has 3 aliphatic rings. The van der Waals surface area contributed by atoms with E-state index in [0.29, 0.717) is 50.0 Å². The molecule has 9 rings (SSSR count). The molecule has 0 radical (unpaired) electrons. The molecule has 1 saturated heterocycles. The van der Waals surface area contributed by atoms with E-state index >= 15 is 9.59 Å². The summed E-state index contributed by atoms with van der Waals surface area (Å²) in [5.74, 6) is -2.30. The Morgan fingerprint density at radius 3 is 2.12 bits per heavy atom. The van der Waals surface area contributed by atoms with E-state index in [0.717, 1.165) is 9.58 Å². The van der Waals surface area contributed by atoms with Crippen molar-refractivity contribution in [3.05, 3.63) is 137 Å². The van der Waals surface area contributed by atoms with Gasteiger partial charge in [0.2, 0.25) is 0 Å². The largest absolute Gasteiger partial charge is 0.508 e. The van der Waals surface area contributed by atoms with Gasteiger partial charge in [0.05, 0.1) is 81.2 Å². The second-order valence-electron chi connectivity index (χ2n) is 16.0. The Bertz CT molecular complexity index is 3190. The predicted octanol–water partition coefficient (Wildman–Crippen LogP) is 4.98. The van der Waals surface area contributed by atoms with Gasteiger partial charge in [-0.1, -0.05) is 41.4 Å². The van der Waals surface area contributed by atoms with Crippen LogP contribution in [0.3, 0.4) is 0 Å². The number of aromatic nitrogens is 5. The van der Waals surface area contributed by atoms with Crippen molar-refractivity contribution in [1.29, 1.82) is 0 Å². The average Bonchev–Trinajstić information content (AvgIpc) is 3.69. The zero-order valence-corrected chi connectivity index (χ0v) is 38.0. The van der Waals surface area contributed by atoms with Gasteiger partial charge in [-0.15, -0.1) is 0 Å². The van der Waals surface area contributed by atoms with Crippen LogP contribution in [0.5, 0.6) is 34.5 Å². The number of fused-ring (bicyclic) bond motifs is 5. The number of halogens is 2. The highest BCUT2D eigenvalue weighted by Crippen LogP contribution is 2.64. The second-order valence-corrected chi connectivity index (χ2v) is 16.9. The van der Waals surface area contributed by atoms with E-state index in [2.05, 4.69) is 10.4 Å². The fraction of sp³-hybridized carbons (Fsp3) is 0.304. The number of nitrogens with zero attached hydrogens (tertiary/aromatic N) is 6. The average molecular weight is 941 g/mol. The maximum Gasteiger partial charge on any atom is 0.347 e. The van der Waals surface area contributed by atoms with E-state index in [-0.39, 0.29) is 59.6 Å². The molecule has 4 atom stereocenters. The van der Waals surface area contributed by atoms with Crippen LogP contribution in [-0.2, 0) is 41.6 Å². The number of nitrogens with one attached hydrogen (secondary N) is 1. The Balaban J connectivity index is 1.22. The molecule has 6 aromatic rings. The number of methoxy groups -OCH3 is 5. The number of rotatable bonds is 12. The lowest BCUT2D eigenvalue weighted by Gasteiger charge is -2.49. The summed E-state index contributed by atoms with van der Waals surface area (Å²) < 4.78 is 33.3. The lowest BCUT2D eigenvalue weighted by atomic mass is 9.53. The molecule has 20 heteroatoms. The highest BCUT2D eigenvalue weighted by molar-refractivity contribution is 6.36. The molecule has 4 heterocycles.